The second-order valence-corrected chi connectivity index (χ2v) is 4.35. The van der Waals surface area contributed by atoms with Gasteiger partial charge in [0, 0.05) is 18.6 Å². The molecule has 0 aliphatic carbocycles. The van der Waals surface area contributed by atoms with Gasteiger partial charge in [-0.2, -0.15) is 5.10 Å². The number of aromatic nitrogens is 4. The molecule has 1 N–H and O–H groups in total. The third kappa shape index (κ3) is 1.99. The zero-order chi connectivity index (χ0) is 11.7. The molecule has 0 radical (unpaired) electrons. The van der Waals surface area contributed by atoms with Crippen LogP contribution in [0.3, 0.4) is 0 Å². The van der Waals surface area contributed by atoms with Gasteiger partial charge in [-0.25, -0.2) is 14.5 Å². The van der Waals surface area contributed by atoms with Gasteiger partial charge in [0.05, 0.1) is 21.9 Å². The first-order chi connectivity index (χ1) is 8.33. The van der Waals surface area contributed by atoms with Gasteiger partial charge >= 0.3 is 0 Å². The molecular weight excluding hydrogens is 282 g/mol. The fraction of sp³-hybridized carbons (Fsp3) is 0. The molecule has 0 unspecified atom stereocenters. The largest absolute Gasteiger partial charge is 0.321 e. The Morgan fingerprint density at radius 2 is 1.94 bits per heavy atom. The van der Waals surface area contributed by atoms with Gasteiger partial charge < -0.3 is 5.32 Å². The summed E-state index contributed by atoms with van der Waals surface area (Å²) in [6, 6.07) is 5.87. The third-order valence-electron chi connectivity index (χ3n) is 2.29. The van der Waals surface area contributed by atoms with E-state index in [4.69, 9.17) is 0 Å². The molecule has 0 aliphatic rings. The average Bonchev–Trinajstić information content (AvgIpc) is 2.76. The highest BCUT2D eigenvalue weighted by molar-refractivity contribution is 9.10. The number of halogens is 1. The monoisotopic (exact) mass is 289 g/mol. The summed E-state index contributed by atoms with van der Waals surface area (Å²) in [7, 11) is 0. The van der Waals surface area contributed by atoms with Crippen molar-refractivity contribution in [3.63, 3.8) is 0 Å². The molecule has 0 aliphatic heterocycles. The van der Waals surface area contributed by atoms with Gasteiger partial charge in [-0.05, 0) is 28.1 Å². The molecule has 0 bridgehead atoms. The van der Waals surface area contributed by atoms with E-state index in [1.807, 2.05) is 24.4 Å². The molecule has 6 heteroatoms. The van der Waals surface area contributed by atoms with Gasteiger partial charge in [0.1, 0.15) is 0 Å². The minimum Gasteiger partial charge on any atom is -0.321 e. The van der Waals surface area contributed by atoms with Crippen molar-refractivity contribution in [3.05, 3.63) is 47.5 Å². The fourth-order valence-corrected chi connectivity index (χ4v) is 1.73. The number of nitrogens with one attached hydrogen (secondary N) is 1. The highest BCUT2D eigenvalue weighted by atomic mass is 79.9. The Morgan fingerprint density at radius 3 is 2.76 bits per heavy atom. The number of rotatable bonds is 2. The SMILES string of the molecule is Brc1cnc(Nc2cnn3ccccc23)nc1. The van der Waals surface area contributed by atoms with Gasteiger partial charge in [-0.15, -0.1) is 0 Å². The average molecular weight is 290 g/mol. The lowest BCUT2D eigenvalue weighted by Gasteiger charge is -2.01. The molecule has 3 aromatic heterocycles. The normalized spacial score (nSPS) is 10.6. The molecule has 0 spiro atoms. The van der Waals surface area contributed by atoms with Gasteiger partial charge in [0.25, 0.3) is 0 Å². The van der Waals surface area contributed by atoms with E-state index in [0.29, 0.717) is 5.95 Å². The van der Waals surface area contributed by atoms with Crippen molar-refractivity contribution in [1.82, 2.24) is 19.6 Å². The van der Waals surface area contributed by atoms with Crippen LogP contribution in [0.25, 0.3) is 5.52 Å². The summed E-state index contributed by atoms with van der Waals surface area (Å²) in [6.07, 6.45) is 7.03. The zero-order valence-electron chi connectivity index (χ0n) is 8.71. The maximum absolute atomic E-state index is 4.22. The lowest BCUT2D eigenvalue weighted by Crippen LogP contribution is -1.95. The van der Waals surface area contributed by atoms with E-state index in [2.05, 4.69) is 36.3 Å². The molecule has 3 heterocycles. The molecule has 5 nitrogen and oxygen atoms in total. The highest BCUT2D eigenvalue weighted by Crippen LogP contribution is 2.19. The maximum atomic E-state index is 4.22. The summed E-state index contributed by atoms with van der Waals surface area (Å²) < 4.78 is 2.64. The molecule has 0 fully saturated rings. The van der Waals surface area contributed by atoms with E-state index in [-0.39, 0.29) is 0 Å². The van der Waals surface area contributed by atoms with Crippen LogP contribution >= 0.6 is 15.9 Å². The van der Waals surface area contributed by atoms with Crippen molar-refractivity contribution >= 4 is 33.1 Å². The van der Waals surface area contributed by atoms with Crippen LogP contribution in [-0.2, 0) is 0 Å². The predicted octanol–water partition coefficient (Wildman–Crippen LogP) is 2.63. The summed E-state index contributed by atoms with van der Waals surface area (Å²) in [5.74, 6) is 0.548. The third-order valence-corrected chi connectivity index (χ3v) is 2.70. The van der Waals surface area contributed by atoms with Crippen LogP contribution in [0.4, 0.5) is 11.6 Å². The Hall–Kier alpha value is -1.95. The van der Waals surface area contributed by atoms with E-state index in [1.54, 1.807) is 23.1 Å². The molecule has 0 saturated carbocycles. The van der Waals surface area contributed by atoms with Crippen molar-refractivity contribution < 1.29 is 0 Å². The summed E-state index contributed by atoms with van der Waals surface area (Å²) in [4.78, 5) is 8.31. The van der Waals surface area contributed by atoms with Crippen LogP contribution in [-0.4, -0.2) is 19.6 Å². The van der Waals surface area contributed by atoms with Crippen LogP contribution in [0.5, 0.6) is 0 Å². The standard InChI is InChI=1S/C11H8BrN5/c12-8-5-13-11(14-6-8)16-9-7-15-17-4-2-1-3-10(9)17/h1-7H,(H,13,14,16). The number of hydrogen-bond donors (Lipinski definition) is 1. The van der Waals surface area contributed by atoms with E-state index in [1.165, 1.54) is 0 Å². The van der Waals surface area contributed by atoms with Crippen molar-refractivity contribution in [3.8, 4) is 0 Å². The molecule has 0 atom stereocenters. The second-order valence-electron chi connectivity index (χ2n) is 3.44. The number of pyridine rings is 1. The summed E-state index contributed by atoms with van der Waals surface area (Å²) >= 11 is 3.29. The Morgan fingerprint density at radius 1 is 1.12 bits per heavy atom. The molecular formula is C11H8BrN5. The first-order valence-electron chi connectivity index (χ1n) is 5.00. The van der Waals surface area contributed by atoms with Gasteiger partial charge in [0.15, 0.2) is 0 Å². The number of nitrogens with zero attached hydrogens (tertiary/aromatic N) is 4. The predicted molar refractivity (Wildman–Crippen MR) is 68.2 cm³/mol. The van der Waals surface area contributed by atoms with E-state index in [0.717, 1.165) is 15.7 Å². The van der Waals surface area contributed by atoms with Crippen molar-refractivity contribution in [1.29, 1.82) is 0 Å². The van der Waals surface area contributed by atoms with E-state index < -0.39 is 0 Å². The van der Waals surface area contributed by atoms with Crippen LogP contribution < -0.4 is 5.32 Å². The Bertz CT molecular complexity index is 646. The van der Waals surface area contributed by atoms with Crippen LogP contribution in [0, 0.1) is 0 Å². The fourth-order valence-electron chi connectivity index (χ4n) is 1.53. The molecule has 3 aromatic rings. The number of anilines is 2. The minimum absolute atomic E-state index is 0.548. The second kappa shape index (κ2) is 4.14. The zero-order valence-corrected chi connectivity index (χ0v) is 10.3. The minimum atomic E-state index is 0.548. The first-order valence-corrected chi connectivity index (χ1v) is 5.79. The highest BCUT2D eigenvalue weighted by Gasteiger charge is 2.04. The van der Waals surface area contributed by atoms with Crippen molar-refractivity contribution in [2.24, 2.45) is 0 Å². The van der Waals surface area contributed by atoms with Crippen LogP contribution in [0.15, 0.2) is 47.5 Å². The van der Waals surface area contributed by atoms with Crippen LogP contribution in [0.1, 0.15) is 0 Å². The molecule has 0 amide bonds. The first kappa shape index (κ1) is 10.2. The van der Waals surface area contributed by atoms with Crippen LogP contribution in [0.2, 0.25) is 0 Å². The van der Waals surface area contributed by atoms with E-state index in [9.17, 15) is 0 Å². The molecule has 3 rings (SSSR count). The topological polar surface area (TPSA) is 55.1 Å². The number of hydrogen-bond acceptors (Lipinski definition) is 4. The molecule has 0 aromatic carbocycles. The Kier molecular flexibility index (Phi) is 2.49. The maximum Gasteiger partial charge on any atom is 0.227 e. The molecule has 17 heavy (non-hydrogen) atoms. The summed E-state index contributed by atoms with van der Waals surface area (Å²) in [5.41, 5.74) is 1.87. The van der Waals surface area contributed by atoms with Gasteiger partial charge in [0.2, 0.25) is 5.95 Å². The summed E-state index contributed by atoms with van der Waals surface area (Å²) in [6.45, 7) is 0. The lowest BCUT2D eigenvalue weighted by atomic mass is 10.3. The lowest BCUT2D eigenvalue weighted by molar-refractivity contribution is 0.961. The smallest absolute Gasteiger partial charge is 0.227 e. The van der Waals surface area contributed by atoms with Gasteiger partial charge in [-0.3, -0.25) is 0 Å². The molecule has 0 saturated heterocycles. The van der Waals surface area contributed by atoms with Gasteiger partial charge in [-0.1, -0.05) is 6.07 Å². The van der Waals surface area contributed by atoms with Crippen molar-refractivity contribution in [2.45, 2.75) is 0 Å². The quantitative estimate of drug-likeness (QED) is 0.788. The summed E-state index contributed by atoms with van der Waals surface area (Å²) in [5, 5.41) is 7.35. The Labute approximate surface area is 106 Å². The van der Waals surface area contributed by atoms with Crippen molar-refractivity contribution in [2.75, 3.05) is 5.32 Å². The number of fused-ring (bicyclic) bond motifs is 1. The van der Waals surface area contributed by atoms with E-state index >= 15 is 0 Å². The molecule has 84 valence electrons. The Balaban J connectivity index is 1.97.